The molecule has 37 heavy (non-hydrogen) atoms. The number of ether oxygens (including phenoxy) is 1. The molecule has 0 spiro atoms. The van der Waals surface area contributed by atoms with E-state index in [9.17, 15) is 0 Å². The van der Waals surface area contributed by atoms with Crippen molar-refractivity contribution in [1.29, 1.82) is 0 Å². The van der Waals surface area contributed by atoms with Gasteiger partial charge in [0.05, 0.1) is 22.3 Å². The Morgan fingerprint density at radius 1 is 1.03 bits per heavy atom. The molecule has 4 nitrogen and oxygen atoms in total. The van der Waals surface area contributed by atoms with E-state index in [4.69, 9.17) is 9.72 Å². The number of rotatable bonds is 7. The summed E-state index contributed by atoms with van der Waals surface area (Å²) < 4.78 is 7.06. The number of benzene rings is 3. The van der Waals surface area contributed by atoms with Gasteiger partial charge in [-0.2, -0.15) is 0 Å². The minimum atomic E-state index is 0.0456. The molecule has 1 unspecified atom stereocenters. The Labute approximate surface area is 224 Å². The maximum Gasteiger partial charge on any atom is 0.124 e. The van der Waals surface area contributed by atoms with Gasteiger partial charge in [-0.1, -0.05) is 81.4 Å². The SMILES string of the molecule is COc1cc2sc(C(C)(C)C)nc2cc1CN[C@H]1[C@@H]2CCN(C2)[C@@H]1C(c1ccccc1)c1ccccc1. The van der Waals surface area contributed by atoms with Crippen molar-refractivity contribution in [3.63, 3.8) is 0 Å². The molecule has 5 heteroatoms. The summed E-state index contributed by atoms with van der Waals surface area (Å²) in [5, 5.41) is 5.20. The molecule has 3 heterocycles. The topological polar surface area (TPSA) is 37.4 Å². The molecule has 4 aromatic rings. The van der Waals surface area contributed by atoms with Gasteiger partial charge < -0.3 is 10.1 Å². The van der Waals surface area contributed by atoms with Crippen molar-refractivity contribution in [3.05, 3.63) is 94.5 Å². The molecule has 0 saturated carbocycles. The van der Waals surface area contributed by atoms with Crippen LogP contribution >= 0.6 is 11.3 Å². The molecule has 0 radical (unpaired) electrons. The number of fused-ring (bicyclic) bond motifs is 3. The lowest BCUT2D eigenvalue weighted by molar-refractivity contribution is 0.197. The van der Waals surface area contributed by atoms with Gasteiger partial charge >= 0.3 is 0 Å². The number of hydrogen-bond donors (Lipinski definition) is 1. The van der Waals surface area contributed by atoms with E-state index in [2.05, 4.69) is 104 Å². The third-order valence-electron chi connectivity index (χ3n) is 8.17. The summed E-state index contributed by atoms with van der Waals surface area (Å²) in [6.45, 7) is 9.83. The van der Waals surface area contributed by atoms with Crippen molar-refractivity contribution in [3.8, 4) is 5.75 Å². The summed E-state index contributed by atoms with van der Waals surface area (Å²) in [4.78, 5) is 7.71. The minimum Gasteiger partial charge on any atom is -0.496 e. The normalized spacial score (nSPS) is 23.3. The fourth-order valence-corrected chi connectivity index (χ4v) is 7.41. The highest BCUT2D eigenvalue weighted by molar-refractivity contribution is 7.18. The summed E-state index contributed by atoms with van der Waals surface area (Å²) in [5.41, 5.74) is 5.10. The zero-order valence-corrected chi connectivity index (χ0v) is 23.1. The molecule has 2 fully saturated rings. The molecule has 0 aliphatic carbocycles. The van der Waals surface area contributed by atoms with Crippen molar-refractivity contribution in [2.75, 3.05) is 20.2 Å². The van der Waals surface area contributed by atoms with Crippen LogP contribution in [0, 0.1) is 5.92 Å². The van der Waals surface area contributed by atoms with E-state index in [-0.39, 0.29) is 5.41 Å². The molecule has 192 valence electrons. The number of methoxy groups -OCH3 is 1. The van der Waals surface area contributed by atoms with E-state index in [1.807, 2.05) is 0 Å². The van der Waals surface area contributed by atoms with Crippen LogP contribution in [0.25, 0.3) is 10.2 Å². The standard InChI is InChI=1S/C32H37N3OS/c1-32(2,3)31-34-25-17-24(26(36-4)18-27(25)37-31)19-33-29-23-15-16-35(20-23)30(29)28(21-11-7-5-8-12-21)22-13-9-6-10-14-22/h5-14,17-18,23,28-30,33H,15-16,19-20H2,1-4H3/t23-,29+,30-/m1/s1. The lowest BCUT2D eigenvalue weighted by Gasteiger charge is -2.39. The van der Waals surface area contributed by atoms with Gasteiger partial charge in [-0.3, -0.25) is 4.90 Å². The van der Waals surface area contributed by atoms with Crippen LogP contribution in [0.1, 0.15) is 54.8 Å². The smallest absolute Gasteiger partial charge is 0.124 e. The Kier molecular flexibility index (Phi) is 6.56. The summed E-state index contributed by atoms with van der Waals surface area (Å²) in [6.07, 6.45) is 1.27. The second kappa shape index (κ2) is 9.86. The Balaban J connectivity index is 1.32. The highest BCUT2D eigenvalue weighted by Gasteiger charge is 2.49. The van der Waals surface area contributed by atoms with E-state index < -0.39 is 0 Å². The molecule has 0 amide bonds. The number of nitrogens with one attached hydrogen (secondary N) is 1. The van der Waals surface area contributed by atoms with Crippen LogP contribution < -0.4 is 10.1 Å². The second-order valence-corrected chi connectivity index (χ2v) is 12.7. The highest BCUT2D eigenvalue weighted by atomic mass is 32.1. The molecule has 2 saturated heterocycles. The largest absolute Gasteiger partial charge is 0.496 e. The third-order valence-corrected chi connectivity index (χ3v) is 9.62. The van der Waals surface area contributed by atoms with Crippen LogP contribution in [0.3, 0.4) is 0 Å². The van der Waals surface area contributed by atoms with Crippen molar-refractivity contribution in [2.24, 2.45) is 5.92 Å². The second-order valence-electron chi connectivity index (χ2n) is 11.6. The molecule has 4 atom stereocenters. The monoisotopic (exact) mass is 511 g/mol. The Hall–Kier alpha value is -2.73. The van der Waals surface area contributed by atoms with Crippen molar-refractivity contribution >= 4 is 21.6 Å². The van der Waals surface area contributed by atoms with Crippen LogP contribution in [0.5, 0.6) is 5.75 Å². The molecule has 2 aliphatic heterocycles. The summed E-state index contributed by atoms with van der Waals surface area (Å²) >= 11 is 1.78. The Morgan fingerprint density at radius 2 is 1.70 bits per heavy atom. The van der Waals surface area contributed by atoms with Crippen LogP contribution in [-0.4, -0.2) is 42.2 Å². The van der Waals surface area contributed by atoms with Crippen molar-refractivity contribution in [2.45, 2.75) is 57.2 Å². The fourth-order valence-electron chi connectivity index (χ4n) is 6.37. The third kappa shape index (κ3) is 4.69. The molecule has 6 rings (SSSR count). The van der Waals surface area contributed by atoms with Crippen molar-refractivity contribution < 1.29 is 4.74 Å². The van der Waals surface area contributed by atoms with Gasteiger partial charge in [0.1, 0.15) is 5.75 Å². The Morgan fingerprint density at radius 3 is 2.32 bits per heavy atom. The number of piperidine rings is 1. The maximum absolute atomic E-state index is 5.87. The van der Waals surface area contributed by atoms with E-state index >= 15 is 0 Å². The first-order valence-corrected chi connectivity index (χ1v) is 14.3. The minimum absolute atomic E-state index is 0.0456. The fraction of sp³-hybridized carbons (Fsp3) is 0.406. The molecule has 3 aromatic carbocycles. The number of hydrogen-bond acceptors (Lipinski definition) is 5. The Bertz CT molecular complexity index is 1320. The van der Waals surface area contributed by atoms with E-state index in [1.165, 1.54) is 45.9 Å². The summed E-state index contributed by atoms with van der Waals surface area (Å²) in [6, 6.07) is 27.4. The molecular weight excluding hydrogens is 474 g/mol. The van der Waals surface area contributed by atoms with Gasteiger partial charge in [0.25, 0.3) is 0 Å². The number of nitrogens with zero attached hydrogens (tertiary/aromatic N) is 2. The molecular formula is C32H37N3OS. The number of aromatic nitrogens is 1. The summed E-state index contributed by atoms with van der Waals surface area (Å²) in [7, 11) is 1.78. The van der Waals surface area contributed by atoms with Gasteiger partial charge in [0.2, 0.25) is 0 Å². The van der Waals surface area contributed by atoms with Gasteiger partial charge in [-0.25, -0.2) is 4.98 Å². The van der Waals surface area contributed by atoms with E-state index in [0.29, 0.717) is 23.9 Å². The van der Waals surface area contributed by atoms with E-state index in [0.717, 1.165) is 17.8 Å². The zero-order valence-electron chi connectivity index (χ0n) is 22.3. The van der Waals surface area contributed by atoms with Gasteiger partial charge in [0.15, 0.2) is 0 Å². The first kappa shape index (κ1) is 24.6. The zero-order chi connectivity index (χ0) is 25.6. The van der Waals surface area contributed by atoms with E-state index in [1.54, 1.807) is 18.4 Å². The van der Waals surface area contributed by atoms with Gasteiger partial charge in [-0.05, 0) is 42.1 Å². The lowest BCUT2D eigenvalue weighted by Crippen LogP contribution is -2.50. The maximum atomic E-state index is 5.87. The highest BCUT2D eigenvalue weighted by Crippen LogP contribution is 2.43. The molecule has 1 N–H and O–H groups in total. The molecule has 2 bridgehead atoms. The summed E-state index contributed by atoms with van der Waals surface area (Å²) in [5.74, 6) is 1.95. The quantitative estimate of drug-likeness (QED) is 0.303. The average Bonchev–Trinajstić information content (AvgIpc) is 3.63. The number of thiazole rings is 1. The van der Waals surface area contributed by atoms with Crippen LogP contribution in [0.2, 0.25) is 0 Å². The molecule has 1 aromatic heterocycles. The lowest BCUT2D eigenvalue weighted by atomic mass is 9.78. The van der Waals surface area contributed by atoms with Gasteiger partial charge in [-0.15, -0.1) is 11.3 Å². The van der Waals surface area contributed by atoms with Crippen molar-refractivity contribution in [1.82, 2.24) is 15.2 Å². The first-order valence-electron chi connectivity index (χ1n) is 13.5. The van der Waals surface area contributed by atoms with Crippen LogP contribution in [-0.2, 0) is 12.0 Å². The van der Waals surface area contributed by atoms with Gasteiger partial charge in [0, 0.05) is 42.1 Å². The average molecular weight is 512 g/mol. The predicted molar refractivity (Wildman–Crippen MR) is 154 cm³/mol. The molecule has 2 aliphatic rings. The first-order chi connectivity index (χ1) is 17.9. The predicted octanol–water partition coefficient (Wildman–Crippen LogP) is 6.60. The van der Waals surface area contributed by atoms with Crippen LogP contribution in [0.4, 0.5) is 0 Å². The van der Waals surface area contributed by atoms with Crippen LogP contribution in [0.15, 0.2) is 72.8 Å².